The minimum atomic E-state index is -3.62. The number of amides is 2. The fourth-order valence-electron chi connectivity index (χ4n) is 3.42. The summed E-state index contributed by atoms with van der Waals surface area (Å²) in [6, 6.07) is 5.86. The van der Waals surface area contributed by atoms with Gasteiger partial charge >= 0.3 is 0 Å². The zero-order valence-electron chi connectivity index (χ0n) is 17.0. The Kier molecular flexibility index (Phi) is 7.59. The SMILES string of the molecule is C=CCNS(=O)(=O)c1ccc(C(=O)N2CCN(C(=O)CN3CCOCC3)CC2)cc1. The predicted octanol–water partition coefficient (Wildman–Crippen LogP) is -0.232. The smallest absolute Gasteiger partial charge is 0.253 e. The van der Waals surface area contributed by atoms with E-state index in [1.54, 1.807) is 9.80 Å². The van der Waals surface area contributed by atoms with Crippen molar-refractivity contribution in [2.75, 3.05) is 65.6 Å². The standard InChI is InChI=1S/C20H28N4O5S/c1-2-7-21-30(27,28)18-5-3-17(4-6-18)20(26)24-10-8-23(9-11-24)19(25)16-22-12-14-29-15-13-22/h2-6,21H,1,7-16H2. The predicted molar refractivity (Wildman–Crippen MR) is 112 cm³/mol. The maximum Gasteiger partial charge on any atom is 0.253 e. The first kappa shape index (κ1) is 22.4. The molecule has 1 aromatic rings. The lowest BCUT2D eigenvalue weighted by atomic mass is 10.2. The van der Waals surface area contributed by atoms with Crippen molar-refractivity contribution in [3.63, 3.8) is 0 Å². The van der Waals surface area contributed by atoms with Gasteiger partial charge < -0.3 is 14.5 Å². The minimum Gasteiger partial charge on any atom is -0.379 e. The molecule has 2 saturated heterocycles. The van der Waals surface area contributed by atoms with Gasteiger partial charge in [-0.1, -0.05) is 6.08 Å². The lowest BCUT2D eigenvalue weighted by molar-refractivity contribution is -0.134. The number of ether oxygens (including phenoxy) is 1. The van der Waals surface area contributed by atoms with E-state index in [0.717, 1.165) is 13.1 Å². The second kappa shape index (κ2) is 10.2. The highest BCUT2D eigenvalue weighted by Gasteiger charge is 2.26. The third-order valence-electron chi connectivity index (χ3n) is 5.21. The van der Waals surface area contributed by atoms with Crippen LogP contribution in [-0.2, 0) is 19.6 Å². The summed E-state index contributed by atoms with van der Waals surface area (Å²) in [6.45, 7) is 8.72. The van der Waals surface area contributed by atoms with Gasteiger partial charge in [0.2, 0.25) is 15.9 Å². The second-order valence-electron chi connectivity index (χ2n) is 7.23. The molecule has 2 fully saturated rings. The van der Waals surface area contributed by atoms with Gasteiger partial charge in [-0.05, 0) is 24.3 Å². The Balaban J connectivity index is 1.52. The van der Waals surface area contributed by atoms with E-state index in [4.69, 9.17) is 4.74 Å². The highest BCUT2D eigenvalue weighted by Crippen LogP contribution is 2.14. The first-order chi connectivity index (χ1) is 14.4. The van der Waals surface area contributed by atoms with Gasteiger partial charge in [0, 0.05) is 51.4 Å². The molecule has 9 nitrogen and oxygen atoms in total. The van der Waals surface area contributed by atoms with Crippen LogP contribution in [-0.4, -0.2) is 101 Å². The van der Waals surface area contributed by atoms with Crippen molar-refractivity contribution in [2.45, 2.75) is 4.90 Å². The molecule has 0 unspecified atom stereocenters. The number of piperazine rings is 1. The van der Waals surface area contributed by atoms with Crippen LogP contribution in [0.15, 0.2) is 41.8 Å². The molecule has 2 amide bonds. The number of nitrogens with one attached hydrogen (secondary N) is 1. The van der Waals surface area contributed by atoms with Crippen LogP contribution in [0.2, 0.25) is 0 Å². The number of morpholine rings is 1. The van der Waals surface area contributed by atoms with Crippen LogP contribution < -0.4 is 4.72 Å². The van der Waals surface area contributed by atoms with Crippen LogP contribution in [0.4, 0.5) is 0 Å². The van der Waals surface area contributed by atoms with E-state index in [9.17, 15) is 18.0 Å². The number of hydrogen-bond acceptors (Lipinski definition) is 6. The molecule has 0 aromatic heterocycles. The molecule has 30 heavy (non-hydrogen) atoms. The van der Waals surface area contributed by atoms with Crippen molar-refractivity contribution in [2.24, 2.45) is 0 Å². The average molecular weight is 437 g/mol. The van der Waals surface area contributed by atoms with Gasteiger partial charge in [-0.15, -0.1) is 6.58 Å². The minimum absolute atomic E-state index is 0.0746. The van der Waals surface area contributed by atoms with Gasteiger partial charge in [0.25, 0.3) is 5.91 Å². The fraction of sp³-hybridized carbons (Fsp3) is 0.500. The summed E-state index contributed by atoms with van der Waals surface area (Å²) < 4.78 is 31.9. The Hall–Kier alpha value is -2.27. The Bertz CT molecular complexity index is 858. The lowest BCUT2D eigenvalue weighted by Gasteiger charge is -2.36. The summed E-state index contributed by atoms with van der Waals surface area (Å²) in [5.74, 6) is -0.0936. The largest absolute Gasteiger partial charge is 0.379 e. The molecule has 0 saturated carbocycles. The number of rotatable bonds is 7. The van der Waals surface area contributed by atoms with Gasteiger partial charge in [0.15, 0.2) is 0 Å². The van der Waals surface area contributed by atoms with Crippen LogP contribution in [0.3, 0.4) is 0 Å². The summed E-state index contributed by atoms with van der Waals surface area (Å²) in [5, 5.41) is 0. The number of carbonyl (C=O) groups excluding carboxylic acids is 2. The van der Waals surface area contributed by atoms with E-state index in [2.05, 4.69) is 16.2 Å². The summed E-state index contributed by atoms with van der Waals surface area (Å²) in [4.78, 5) is 30.9. The lowest BCUT2D eigenvalue weighted by Crippen LogP contribution is -2.53. The van der Waals surface area contributed by atoms with Crippen LogP contribution in [0, 0.1) is 0 Å². The molecular formula is C20H28N4O5S. The van der Waals surface area contributed by atoms with Gasteiger partial charge in [0.05, 0.1) is 24.7 Å². The molecule has 10 heteroatoms. The van der Waals surface area contributed by atoms with Gasteiger partial charge in [0.1, 0.15) is 0 Å². The van der Waals surface area contributed by atoms with E-state index in [1.807, 2.05) is 0 Å². The van der Waals surface area contributed by atoms with E-state index in [-0.39, 0.29) is 23.3 Å². The second-order valence-corrected chi connectivity index (χ2v) is 8.99. The van der Waals surface area contributed by atoms with E-state index in [0.29, 0.717) is 51.5 Å². The third kappa shape index (κ3) is 5.66. The Morgan fingerprint density at radius 1 is 1.00 bits per heavy atom. The zero-order chi connectivity index (χ0) is 21.6. The van der Waals surface area contributed by atoms with E-state index >= 15 is 0 Å². The summed E-state index contributed by atoms with van der Waals surface area (Å²) in [6.07, 6.45) is 1.46. The Morgan fingerprint density at radius 2 is 1.60 bits per heavy atom. The zero-order valence-corrected chi connectivity index (χ0v) is 17.8. The first-order valence-corrected chi connectivity index (χ1v) is 11.5. The molecule has 164 valence electrons. The number of carbonyl (C=O) groups is 2. The Labute approximate surface area is 177 Å². The Morgan fingerprint density at radius 3 is 2.20 bits per heavy atom. The number of benzene rings is 1. The number of sulfonamides is 1. The van der Waals surface area contributed by atoms with Crippen molar-refractivity contribution in [1.82, 2.24) is 19.4 Å². The maximum absolute atomic E-state index is 12.7. The monoisotopic (exact) mass is 436 g/mol. The number of nitrogens with zero attached hydrogens (tertiary/aromatic N) is 3. The molecule has 0 atom stereocenters. The number of hydrogen-bond donors (Lipinski definition) is 1. The van der Waals surface area contributed by atoms with Crippen molar-refractivity contribution < 1.29 is 22.7 Å². The molecule has 2 aliphatic rings. The third-order valence-corrected chi connectivity index (χ3v) is 6.65. The molecule has 3 rings (SSSR count). The van der Waals surface area contributed by atoms with Gasteiger partial charge in [-0.3, -0.25) is 14.5 Å². The first-order valence-electron chi connectivity index (χ1n) is 9.98. The molecule has 0 radical (unpaired) electrons. The molecule has 0 bridgehead atoms. The molecule has 0 aliphatic carbocycles. The maximum atomic E-state index is 12.7. The van der Waals surface area contributed by atoms with Gasteiger partial charge in [-0.25, -0.2) is 13.1 Å². The summed E-state index contributed by atoms with van der Waals surface area (Å²) in [5.41, 5.74) is 0.422. The van der Waals surface area contributed by atoms with Crippen LogP contribution in [0.5, 0.6) is 0 Å². The summed E-state index contributed by atoms with van der Waals surface area (Å²) >= 11 is 0. The highest BCUT2D eigenvalue weighted by atomic mass is 32.2. The average Bonchev–Trinajstić information content (AvgIpc) is 2.78. The summed E-state index contributed by atoms with van der Waals surface area (Å²) in [7, 11) is -3.62. The van der Waals surface area contributed by atoms with Gasteiger partial charge in [-0.2, -0.15) is 0 Å². The van der Waals surface area contributed by atoms with Crippen LogP contribution in [0.25, 0.3) is 0 Å². The van der Waals surface area contributed by atoms with Crippen molar-refractivity contribution >= 4 is 21.8 Å². The van der Waals surface area contributed by atoms with Crippen LogP contribution >= 0.6 is 0 Å². The molecule has 2 aliphatic heterocycles. The normalized spacial score (nSPS) is 18.3. The molecule has 1 N–H and O–H groups in total. The molecule has 1 aromatic carbocycles. The molecular weight excluding hydrogens is 408 g/mol. The van der Waals surface area contributed by atoms with E-state index < -0.39 is 10.0 Å². The van der Waals surface area contributed by atoms with Crippen molar-refractivity contribution in [3.05, 3.63) is 42.5 Å². The molecule has 2 heterocycles. The van der Waals surface area contributed by atoms with Crippen molar-refractivity contribution in [1.29, 1.82) is 0 Å². The quantitative estimate of drug-likeness (QED) is 0.593. The van der Waals surface area contributed by atoms with Crippen molar-refractivity contribution in [3.8, 4) is 0 Å². The fourth-order valence-corrected chi connectivity index (χ4v) is 4.42. The van der Waals surface area contributed by atoms with Crippen LogP contribution in [0.1, 0.15) is 10.4 Å². The van der Waals surface area contributed by atoms with E-state index in [1.165, 1.54) is 30.3 Å². The highest BCUT2D eigenvalue weighted by molar-refractivity contribution is 7.89. The topological polar surface area (TPSA) is 99.3 Å². The molecule has 0 spiro atoms.